The Balaban J connectivity index is 1.42. The number of nitrogens with zero attached hydrogens (tertiary/aromatic N) is 4. The molecule has 2 aromatic rings. The number of aromatic nitrogens is 2. The number of hydrogen-bond acceptors (Lipinski definition) is 5. The Morgan fingerprint density at radius 1 is 1.07 bits per heavy atom. The maximum absolute atomic E-state index is 12.7. The number of rotatable bonds is 7. The normalized spacial score (nSPS) is 14.5. The van der Waals surface area contributed by atoms with E-state index >= 15 is 0 Å². The van der Waals surface area contributed by atoms with E-state index in [2.05, 4.69) is 17.1 Å². The minimum atomic E-state index is 0.0390. The van der Waals surface area contributed by atoms with Crippen LogP contribution >= 0.6 is 0 Å². The molecule has 7 heteroatoms. The first-order chi connectivity index (χ1) is 14.0. The predicted octanol–water partition coefficient (Wildman–Crippen LogP) is 3.06. The van der Waals surface area contributed by atoms with Gasteiger partial charge in [-0.1, -0.05) is 38.1 Å². The third-order valence-electron chi connectivity index (χ3n) is 5.31. The van der Waals surface area contributed by atoms with E-state index in [1.165, 1.54) is 5.56 Å². The average Bonchev–Trinajstić information content (AvgIpc) is 3.22. The molecule has 0 N–H and O–H groups in total. The molecule has 2 heterocycles. The van der Waals surface area contributed by atoms with Gasteiger partial charge in [0.2, 0.25) is 11.8 Å². The summed E-state index contributed by atoms with van der Waals surface area (Å²) in [5.74, 6) is 1.69. The van der Waals surface area contributed by atoms with Gasteiger partial charge in [-0.3, -0.25) is 9.59 Å². The molecular weight excluding hydrogens is 368 g/mol. The lowest BCUT2D eigenvalue weighted by atomic mass is 10.1. The van der Waals surface area contributed by atoms with Crippen molar-refractivity contribution >= 4 is 11.8 Å². The van der Waals surface area contributed by atoms with E-state index in [0.29, 0.717) is 62.7 Å². The minimum Gasteiger partial charge on any atom is -0.339 e. The number of hydrogen-bond donors (Lipinski definition) is 0. The van der Waals surface area contributed by atoms with E-state index in [1.54, 1.807) is 0 Å². The summed E-state index contributed by atoms with van der Waals surface area (Å²) in [6, 6.07) is 7.78. The van der Waals surface area contributed by atoms with E-state index in [1.807, 2.05) is 47.9 Å². The Kier molecular flexibility index (Phi) is 7.01. The Labute approximate surface area is 172 Å². The van der Waals surface area contributed by atoms with E-state index < -0.39 is 0 Å². The molecule has 1 saturated heterocycles. The fourth-order valence-electron chi connectivity index (χ4n) is 3.38. The van der Waals surface area contributed by atoms with E-state index in [9.17, 15) is 9.59 Å². The molecule has 0 radical (unpaired) electrons. The highest BCUT2D eigenvalue weighted by Crippen LogP contribution is 2.14. The topological polar surface area (TPSA) is 79.5 Å². The van der Waals surface area contributed by atoms with Crippen molar-refractivity contribution in [3.8, 4) is 0 Å². The Hall–Kier alpha value is -2.70. The van der Waals surface area contributed by atoms with Gasteiger partial charge in [-0.25, -0.2) is 0 Å². The molecule has 1 fully saturated rings. The van der Waals surface area contributed by atoms with Crippen LogP contribution in [-0.4, -0.2) is 57.9 Å². The van der Waals surface area contributed by atoms with Gasteiger partial charge in [-0.15, -0.1) is 0 Å². The zero-order valence-corrected chi connectivity index (χ0v) is 17.6. The molecule has 3 rings (SSSR count). The van der Waals surface area contributed by atoms with Crippen LogP contribution in [0.5, 0.6) is 0 Å². The second-order valence-electron chi connectivity index (χ2n) is 7.78. The molecule has 0 aliphatic carbocycles. The van der Waals surface area contributed by atoms with Gasteiger partial charge in [0.25, 0.3) is 5.91 Å². The van der Waals surface area contributed by atoms with Crippen molar-refractivity contribution in [1.82, 2.24) is 19.9 Å². The summed E-state index contributed by atoms with van der Waals surface area (Å²) >= 11 is 0. The first kappa shape index (κ1) is 21.0. The summed E-state index contributed by atoms with van der Waals surface area (Å²) in [5, 5.41) is 3.94. The van der Waals surface area contributed by atoms with Crippen molar-refractivity contribution < 1.29 is 14.1 Å². The number of aryl methyl sites for hydroxylation is 2. The zero-order valence-electron chi connectivity index (χ0n) is 17.6. The van der Waals surface area contributed by atoms with Gasteiger partial charge in [0.1, 0.15) is 0 Å². The van der Waals surface area contributed by atoms with Crippen LogP contribution in [0.25, 0.3) is 0 Å². The largest absolute Gasteiger partial charge is 0.339 e. The maximum atomic E-state index is 12.7. The molecule has 2 amide bonds. The van der Waals surface area contributed by atoms with Crippen molar-refractivity contribution in [3.05, 3.63) is 47.1 Å². The molecular formula is C22H30N4O3. The third-order valence-corrected chi connectivity index (χ3v) is 5.31. The van der Waals surface area contributed by atoms with Crippen LogP contribution in [0.4, 0.5) is 0 Å². The van der Waals surface area contributed by atoms with Crippen molar-refractivity contribution in [2.45, 2.75) is 52.4 Å². The summed E-state index contributed by atoms with van der Waals surface area (Å²) in [5.41, 5.74) is 1.93. The molecule has 0 saturated carbocycles. The highest BCUT2D eigenvalue weighted by Gasteiger charge is 2.24. The van der Waals surface area contributed by atoms with Crippen LogP contribution in [0.15, 0.2) is 28.8 Å². The average molecular weight is 399 g/mol. The first-order valence-electron chi connectivity index (χ1n) is 10.5. The predicted molar refractivity (Wildman–Crippen MR) is 110 cm³/mol. The van der Waals surface area contributed by atoms with Gasteiger partial charge in [-0.2, -0.15) is 4.98 Å². The molecule has 1 aliphatic heterocycles. The highest BCUT2D eigenvalue weighted by atomic mass is 16.5. The quantitative estimate of drug-likeness (QED) is 0.716. The molecule has 0 bridgehead atoms. The number of carbonyl (C=O) groups is 2. The lowest BCUT2D eigenvalue weighted by Crippen LogP contribution is -2.50. The van der Waals surface area contributed by atoms with Crippen LogP contribution in [0, 0.1) is 0 Å². The Morgan fingerprint density at radius 2 is 1.72 bits per heavy atom. The summed E-state index contributed by atoms with van der Waals surface area (Å²) in [4.78, 5) is 33.1. The van der Waals surface area contributed by atoms with Gasteiger partial charge < -0.3 is 14.3 Å². The molecule has 7 nitrogen and oxygen atoms in total. The second-order valence-corrected chi connectivity index (χ2v) is 7.78. The molecule has 0 unspecified atom stereocenters. The highest BCUT2D eigenvalue weighted by molar-refractivity contribution is 5.94. The van der Waals surface area contributed by atoms with Crippen molar-refractivity contribution in [3.63, 3.8) is 0 Å². The molecule has 0 spiro atoms. The fraction of sp³-hybridized carbons (Fsp3) is 0.545. The van der Waals surface area contributed by atoms with Gasteiger partial charge in [0.05, 0.1) is 0 Å². The second kappa shape index (κ2) is 9.67. The van der Waals surface area contributed by atoms with Gasteiger partial charge >= 0.3 is 0 Å². The standard InChI is InChI=1S/C22H30N4O3/c1-4-17-8-10-18(11-9-17)22(28)26-14-12-25(13-15-26)20(27)7-5-6-19-23-21(16(2)3)24-29-19/h8-11,16H,4-7,12-15H2,1-3H3. The monoisotopic (exact) mass is 398 g/mol. The van der Waals surface area contributed by atoms with Crippen LogP contribution in [0.3, 0.4) is 0 Å². The lowest BCUT2D eigenvalue weighted by molar-refractivity contribution is -0.132. The van der Waals surface area contributed by atoms with Gasteiger partial charge in [-0.05, 0) is 30.5 Å². The third kappa shape index (κ3) is 5.43. The van der Waals surface area contributed by atoms with Crippen molar-refractivity contribution in [2.75, 3.05) is 26.2 Å². The summed E-state index contributed by atoms with van der Waals surface area (Å²) in [7, 11) is 0. The first-order valence-corrected chi connectivity index (χ1v) is 10.5. The van der Waals surface area contributed by atoms with E-state index in [0.717, 1.165) is 6.42 Å². The molecule has 1 aromatic carbocycles. The van der Waals surface area contributed by atoms with Crippen LogP contribution < -0.4 is 0 Å². The summed E-state index contributed by atoms with van der Waals surface area (Å²) < 4.78 is 5.22. The number of piperazine rings is 1. The lowest BCUT2D eigenvalue weighted by Gasteiger charge is -2.35. The Morgan fingerprint density at radius 3 is 2.31 bits per heavy atom. The van der Waals surface area contributed by atoms with E-state index in [4.69, 9.17) is 4.52 Å². The molecule has 156 valence electrons. The Bertz CT molecular complexity index is 821. The minimum absolute atomic E-state index is 0.0390. The number of benzene rings is 1. The molecule has 29 heavy (non-hydrogen) atoms. The molecule has 1 aliphatic rings. The SMILES string of the molecule is CCc1ccc(C(=O)N2CCN(C(=O)CCCc3nc(C(C)C)no3)CC2)cc1. The van der Waals surface area contributed by atoms with Gasteiger partial charge in [0.15, 0.2) is 5.82 Å². The van der Waals surface area contributed by atoms with Crippen molar-refractivity contribution in [2.24, 2.45) is 0 Å². The van der Waals surface area contributed by atoms with Crippen LogP contribution in [0.2, 0.25) is 0 Å². The fourth-order valence-corrected chi connectivity index (χ4v) is 3.38. The van der Waals surface area contributed by atoms with Crippen LogP contribution in [0.1, 0.15) is 67.2 Å². The van der Waals surface area contributed by atoms with Gasteiger partial charge in [0, 0.05) is 50.5 Å². The molecule has 0 atom stereocenters. The molecule has 1 aromatic heterocycles. The maximum Gasteiger partial charge on any atom is 0.253 e. The zero-order chi connectivity index (χ0) is 20.8. The van der Waals surface area contributed by atoms with Crippen molar-refractivity contribution in [1.29, 1.82) is 0 Å². The number of amides is 2. The number of carbonyl (C=O) groups excluding carboxylic acids is 2. The van der Waals surface area contributed by atoms with E-state index in [-0.39, 0.29) is 17.7 Å². The summed E-state index contributed by atoms with van der Waals surface area (Å²) in [6.07, 6.45) is 2.70. The smallest absolute Gasteiger partial charge is 0.253 e. The summed E-state index contributed by atoms with van der Waals surface area (Å²) in [6.45, 7) is 8.43. The van der Waals surface area contributed by atoms with Crippen LogP contribution in [-0.2, 0) is 17.6 Å².